The fourth-order valence-electron chi connectivity index (χ4n) is 1.22. The molecule has 1 heterocycles. The van der Waals surface area contributed by atoms with Crippen LogP contribution in [-0.4, -0.2) is 4.98 Å². The van der Waals surface area contributed by atoms with E-state index in [1.165, 1.54) is 6.07 Å². The van der Waals surface area contributed by atoms with Crippen molar-refractivity contribution < 1.29 is 9.13 Å². The average molecular weight is 203 g/mol. The van der Waals surface area contributed by atoms with E-state index in [1.807, 2.05) is 19.1 Å². The maximum Gasteiger partial charge on any atom is 0.219 e. The smallest absolute Gasteiger partial charge is 0.219 e. The molecule has 2 rings (SSSR count). The normalized spacial score (nSPS) is 10.0. The van der Waals surface area contributed by atoms with Crippen molar-refractivity contribution in [1.29, 1.82) is 0 Å². The van der Waals surface area contributed by atoms with E-state index >= 15 is 0 Å². The minimum atomic E-state index is -0.388. The average Bonchev–Trinajstić information content (AvgIpc) is 2.22. The summed E-state index contributed by atoms with van der Waals surface area (Å²) in [5.41, 5.74) is 0.837. The van der Waals surface area contributed by atoms with Crippen LogP contribution in [0.25, 0.3) is 0 Å². The minimum Gasteiger partial charge on any atom is -0.436 e. The fourth-order valence-corrected chi connectivity index (χ4v) is 1.22. The lowest BCUT2D eigenvalue weighted by molar-refractivity contribution is 0.426. The number of hydrogen-bond acceptors (Lipinski definition) is 2. The highest BCUT2D eigenvalue weighted by Gasteiger charge is 2.03. The lowest BCUT2D eigenvalue weighted by Crippen LogP contribution is -1.91. The van der Waals surface area contributed by atoms with Crippen LogP contribution in [0, 0.1) is 12.7 Å². The molecule has 0 aliphatic heterocycles. The third-order valence-corrected chi connectivity index (χ3v) is 1.91. The highest BCUT2D eigenvalue weighted by molar-refractivity contribution is 5.28. The molecule has 0 unspecified atom stereocenters. The zero-order valence-electron chi connectivity index (χ0n) is 8.27. The number of benzene rings is 1. The molecule has 15 heavy (non-hydrogen) atoms. The number of aryl methyl sites for hydroxylation is 1. The molecule has 0 saturated heterocycles. The summed E-state index contributed by atoms with van der Waals surface area (Å²) < 4.78 is 18.5. The van der Waals surface area contributed by atoms with Gasteiger partial charge < -0.3 is 4.74 Å². The molecule has 1 aromatic heterocycles. The first-order chi connectivity index (χ1) is 7.25. The first-order valence-electron chi connectivity index (χ1n) is 4.62. The van der Waals surface area contributed by atoms with Crippen LogP contribution in [0.2, 0.25) is 0 Å². The van der Waals surface area contributed by atoms with E-state index in [9.17, 15) is 4.39 Å². The standard InChI is InChI=1S/C12H10FNO/c1-9-5-4-8-12(14-9)15-11-7-3-2-6-10(11)13/h2-8H,1H3. The maximum absolute atomic E-state index is 13.2. The lowest BCUT2D eigenvalue weighted by Gasteiger charge is -2.05. The van der Waals surface area contributed by atoms with Gasteiger partial charge in [-0.15, -0.1) is 0 Å². The van der Waals surface area contributed by atoms with Gasteiger partial charge in [0.05, 0.1) is 0 Å². The van der Waals surface area contributed by atoms with Gasteiger partial charge >= 0.3 is 0 Å². The van der Waals surface area contributed by atoms with Crippen LogP contribution in [0.4, 0.5) is 4.39 Å². The molecule has 0 atom stereocenters. The quantitative estimate of drug-likeness (QED) is 0.746. The highest BCUT2D eigenvalue weighted by atomic mass is 19.1. The van der Waals surface area contributed by atoms with Crippen LogP contribution < -0.4 is 4.74 Å². The summed E-state index contributed by atoms with van der Waals surface area (Å²) in [4.78, 5) is 4.12. The molecule has 76 valence electrons. The third kappa shape index (κ3) is 2.31. The van der Waals surface area contributed by atoms with E-state index in [2.05, 4.69) is 4.98 Å². The van der Waals surface area contributed by atoms with Gasteiger partial charge in [0.2, 0.25) is 5.88 Å². The Labute approximate surface area is 87.4 Å². The molecule has 0 fully saturated rings. The Morgan fingerprint density at radius 1 is 1.07 bits per heavy atom. The molecule has 0 bridgehead atoms. The molecule has 0 N–H and O–H groups in total. The summed E-state index contributed by atoms with van der Waals surface area (Å²) in [6.07, 6.45) is 0. The van der Waals surface area contributed by atoms with E-state index in [-0.39, 0.29) is 11.6 Å². The molecule has 2 nitrogen and oxygen atoms in total. The van der Waals surface area contributed by atoms with Crippen LogP contribution in [0.15, 0.2) is 42.5 Å². The Bertz CT molecular complexity index is 471. The Balaban J connectivity index is 2.26. The van der Waals surface area contributed by atoms with Gasteiger partial charge in [-0.05, 0) is 25.1 Å². The van der Waals surface area contributed by atoms with Crippen LogP contribution >= 0.6 is 0 Å². The van der Waals surface area contributed by atoms with E-state index in [4.69, 9.17) is 4.74 Å². The van der Waals surface area contributed by atoms with Crippen molar-refractivity contribution in [3.63, 3.8) is 0 Å². The second-order valence-electron chi connectivity index (χ2n) is 3.15. The summed E-state index contributed by atoms with van der Waals surface area (Å²) in [5, 5.41) is 0. The van der Waals surface area contributed by atoms with Gasteiger partial charge in [0.15, 0.2) is 11.6 Å². The number of para-hydroxylation sites is 1. The molecule has 0 saturated carbocycles. The Hall–Kier alpha value is -1.90. The van der Waals surface area contributed by atoms with E-state index in [0.717, 1.165) is 5.69 Å². The molecule has 3 heteroatoms. The van der Waals surface area contributed by atoms with Crippen LogP contribution in [0.5, 0.6) is 11.6 Å². The van der Waals surface area contributed by atoms with Crippen LogP contribution in [-0.2, 0) is 0 Å². The minimum absolute atomic E-state index is 0.190. The second-order valence-corrected chi connectivity index (χ2v) is 3.15. The van der Waals surface area contributed by atoms with Crippen molar-refractivity contribution in [2.75, 3.05) is 0 Å². The SMILES string of the molecule is Cc1cccc(Oc2ccccc2F)n1. The molecule has 0 amide bonds. The molecule has 2 aromatic rings. The van der Waals surface area contributed by atoms with Gasteiger partial charge in [-0.1, -0.05) is 18.2 Å². The molecule has 0 radical (unpaired) electrons. The predicted octanol–water partition coefficient (Wildman–Crippen LogP) is 3.32. The first-order valence-corrected chi connectivity index (χ1v) is 4.62. The van der Waals surface area contributed by atoms with Gasteiger partial charge in [-0.2, -0.15) is 0 Å². The molecule has 0 spiro atoms. The largest absolute Gasteiger partial charge is 0.436 e. The maximum atomic E-state index is 13.2. The number of nitrogens with zero attached hydrogens (tertiary/aromatic N) is 1. The number of pyridine rings is 1. The fraction of sp³-hybridized carbons (Fsp3) is 0.0833. The summed E-state index contributed by atoms with van der Waals surface area (Å²) >= 11 is 0. The molecule has 0 aliphatic carbocycles. The number of hydrogen-bond donors (Lipinski definition) is 0. The Morgan fingerprint density at radius 3 is 2.60 bits per heavy atom. The summed E-state index contributed by atoms with van der Waals surface area (Å²) in [5.74, 6) is 0.205. The van der Waals surface area contributed by atoms with Gasteiger partial charge in [-0.3, -0.25) is 0 Å². The number of aromatic nitrogens is 1. The Morgan fingerprint density at radius 2 is 1.87 bits per heavy atom. The molecular weight excluding hydrogens is 193 g/mol. The van der Waals surface area contributed by atoms with Gasteiger partial charge in [0, 0.05) is 11.8 Å². The van der Waals surface area contributed by atoms with Crippen molar-refractivity contribution in [3.05, 3.63) is 54.0 Å². The summed E-state index contributed by atoms with van der Waals surface area (Å²) in [6, 6.07) is 11.6. The van der Waals surface area contributed by atoms with Crippen molar-refractivity contribution in [2.45, 2.75) is 6.92 Å². The molecular formula is C12H10FNO. The topological polar surface area (TPSA) is 22.1 Å². The third-order valence-electron chi connectivity index (χ3n) is 1.91. The number of halogens is 1. The number of rotatable bonds is 2. The number of ether oxygens (including phenoxy) is 1. The van der Waals surface area contributed by atoms with Gasteiger partial charge in [-0.25, -0.2) is 9.37 Å². The second kappa shape index (κ2) is 4.09. The van der Waals surface area contributed by atoms with Crippen LogP contribution in [0.1, 0.15) is 5.69 Å². The molecule has 1 aromatic carbocycles. The highest BCUT2D eigenvalue weighted by Crippen LogP contribution is 2.22. The van der Waals surface area contributed by atoms with Crippen molar-refractivity contribution in [2.24, 2.45) is 0 Å². The lowest BCUT2D eigenvalue weighted by atomic mass is 10.3. The van der Waals surface area contributed by atoms with E-state index < -0.39 is 0 Å². The monoisotopic (exact) mass is 203 g/mol. The zero-order valence-corrected chi connectivity index (χ0v) is 8.27. The van der Waals surface area contributed by atoms with E-state index in [0.29, 0.717) is 5.88 Å². The van der Waals surface area contributed by atoms with E-state index in [1.54, 1.807) is 24.3 Å². The van der Waals surface area contributed by atoms with Crippen molar-refractivity contribution in [1.82, 2.24) is 4.98 Å². The van der Waals surface area contributed by atoms with Crippen molar-refractivity contribution in [3.8, 4) is 11.6 Å². The summed E-state index contributed by atoms with van der Waals surface area (Å²) in [6.45, 7) is 1.86. The van der Waals surface area contributed by atoms with Gasteiger partial charge in [0.25, 0.3) is 0 Å². The zero-order chi connectivity index (χ0) is 10.7. The van der Waals surface area contributed by atoms with Crippen molar-refractivity contribution >= 4 is 0 Å². The van der Waals surface area contributed by atoms with Crippen LogP contribution in [0.3, 0.4) is 0 Å². The predicted molar refractivity (Wildman–Crippen MR) is 55.4 cm³/mol. The summed E-state index contributed by atoms with van der Waals surface area (Å²) in [7, 11) is 0. The Kier molecular flexibility index (Phi) is 2.63. The first kappa shape index (κ1) is 9.65. The molecule has 0 aliphatic rings. The van der Waals surface area contributed by atoms with Gasteiger partial charge in [0.1, 0.15) is 0 Å².